The third-order valence-corrected chi connectivity index (χ3v) is 8.99. The summed E-state index contributed by atoms with van der Waals surface area (Å²) in [4.78, 5) is 30.4. The molecule has 0 bridgehead atoms. The van der Waals surface area contributed by atoms with Gasteiger partial charge < -0.3 is 24.5 Å². The summed E-state index contributed by atoms with van der Waals surface area (Å²) in [5, 5.41) is 11.3. The molecule has 2 fully saturated rings. The molecule has 0 unspecified atom stereocenters. The molecule has 0 aromatic heterocycles. The Morgan fingerprint density at radius 3 is 2.24 bits per heavy atom. The number of amides is 2. The molecule has 1 aliphatic carbocycles. The van der Waals surface area contributed by atoms with Gasteiger partial charge in [-0.1, -0.05) is 17.7 Å². The third-order valence-electron chi connectivity index (χ3n) is 8.68. The molecule has 2 amide bonds. The molecule has 7 nitrogen and oxygen atoms in total. The van der Waals surface area contributed by atoms with Crippen molar-refractivity contribution in [3.63, 3.8) is 0 Å². The molecule has 1 aromatic carbocycles. The van der Waals surface area contributed by atoms with Crippen LogP contribution in [0, 0.1) is 11.8 Å². The molecule has 0 saturated carbocycles. The molecule has 0 spiro atoms. The first kappa shape index (κ1) is 32.2. The predicted molar refractivity (Wildman–Crippen MR) is 156 cm³/mol. The highest BCUT2D eigenvalue weighted by atomic mass is 35.5. The van der Waals surface area contributed by atoms with Crippen molar-refractivity contribution in [2.75, 3.05) is 51.8 Å². The van der Waals surface area contributed by atoms with Gasteiger partial charge in [0.25, 0.3) is 17.4 Å². The standard InChI is InChI=1S/C31H41ClF3N3O4/c1-4-42-25-7-5-6-23(19-25)30(41,31(33,34)35)29(40)38-16-12-22(13-17-38)18-21-10-14-37(15-11-21)24-8-9-26(27(32)20-24)28(39)36(2)3/h6,8-9,19-22,41H,4-5,7,10-18H2,1-3H3/t30-/m1/s1. The van der Waals surface area contributed by atoms with Gasteiger partial charge >= 0.3 is 6.18 Å². The molecule has 11 heteroatoms. The first-order valence-electron chi connectivity index (χ1n) is 14.7. The fourth-order valence-electron chi connectivity index (χ4n) is 6.25. The van der Waals surface area contributed by atoms with E-state index in [2.05, 4.69) is 4.90 Å². The Hall–Kier alpha value is -2.72. The maximum Gasteiger partial charge on any atom is 0.430 e. The summed E-state index contributed by atoms with van der Waals surface area (Å²) in [5.74, 6) is -0.303. The summed E-state index contributed by atoms with van der Waals surface area (Å²) in [5.41, 5.74) is -2.59. The molecular formula is C31H41ClF3N3O4. The van der Waals surface area contributed by atoms with Gasteiger partial charge in [-0.3, -0.25) is 9.59 Å². The van der Waals surface area contributed by atoms with Crippen LogP contribution in [0.25, 0.3) is 0 Å². The maximum absolute atomic E-state index is 14.2. The smallest absolute Gasteiger partial charge is 0.430 e. The molecule has 2 aliphatic heterocycles. The summed E-state index contributed by atoms with van der Waals surface area (Å²) in [7, 11) is 3.37. The Morgan fingerprint density at radius 2 is 1.69 bits per heavy atom. The fourth-order valence-corrected chi connectivity index (χ4v) is 6.50. The number of likely N-dealkylation sites (tertiary alicyclic amines) is 1. The Kier molecular flexibility index (Phi) is 10.2. The number of benzene rings is 1. The number of hydrogen-bond donors (Lipinski definition) is 1. The van der Waals surface area contributed by atoms with Crippen LogP contribution < -0.4 is 4.90 Å². The van der Waals surface area contributed by atoms with Crippen molar-refractivity contribution in [2.24, 2.45) is 11.8 Å². The van der Waals surface area contributed by atoms with E-state index in [1.165, 1.54) is 22.0 Å². The first-order valence-corrected chi connectivity index (χ1v) is 15.1. The minimum absolute atomic E-state index is 0.139. The summed E-state index contributed by atoms with van der Waals surface area (Å²) < 4.78 is 48.0. The normalized spacial score (nSPS) is 20.5. The molecule has 2 saturated heterocycles. The van der Waals surface area contributed by atoms with Crippen LogP contribution in [0.1, 0.15) is 62.2 Å². The lowest BCUT2D eigenvalue weighted by atomic mass is 9.81. The second kappa shape index (κ2) is 13.3. The Morgan fingerprint density at radius 1 is 1.07 bits per heavy atom. The molecule has 42 heavy (non-hydrogen) atoms. The minimum Gasteiger partial charge on any atom is -0.498 e. The monoisotopic (exact) mass is 611 g/mol. The zero-order valence-electron chi connectivity index (χ0n) is 24.6. The average molecular weight is 612 g/mol. The number of carbonyl (C=O) groups is 2. The SMILES string of the molecule is CCOC1=CC([C@@](O)(C(=O)N2CCC(CC3CCN(c4ccc(C(=O)N(C)C)c(Cl)c4)CC3)CC2)C(F)(F)F)=CCC1. The quantitative estimate of drug-likeness (QED) is 0.401. The van der Waals surface area contributed by atoms with Crippen molar-refractivity contribution in [2.45, 2.75) is 63.6 Å². The predicted octanol–water partition coefficient (Wildman–Crippen LogP) is 5.82. The molecule has 1 N–H and O–H groups in total. The largest absolute Gasteiger partial charge is 0.498 e. The molecule has 232 valence electrons. The van der Waals surface area contributed by atoms with Gasteiger partial charge in [0.2, 0.25) is 0 Å². The van der Waals surface area contributed by atoms with Gasteiger partial charge in [0.15, 0.2) is 0 Å². The Bertz CT molecular complexity index is 1200. The molecule has 1 atom stereocenters. The van der Waals surface area contributed by atoms with Gasteiger partial charge in [0, 0.05) is 58.0 Å². The van der Waals surface area contributed by atoms with Crippen molar-refractivity contribution in [3.8, 4) is 0 Å². The zero-order chi connectivity index (χ0) is 30.7. The van der Waals surface area contributed by atoms with E-state index in [-0.39, 0.29) is 25.4 Å². The number of halogens is 4. The summed E-state index contributed by atoms with van der Waals surface area (Å²) >= 11 is 6.40. The summed E-state index contributed by atoms with van der Waals surface area (Å²) in [6, 6.07) is 5.53. The second-order valence-corrected chi connectivity index (χ2v) is 12.1. The number of piperidine rings is 2. The van der Waals surface area contributed by atoms with Gasteiger partial charge in [0.05, 0.1) is 23.0 Å². The molecule has 3 aliphatic rings. The Balaban J connectivity index is 1.30. The second-order valence-electron chi connectivity index (χ2n) is 11.7. The van der Waals surface area contributed by atoms with Crippen LogP contribution in [0.15, 0.2) is 41.7 Å². The van der Waals surface area contributed by atoms with Gasteiger partial charge in [-0.25, -0.2) is 0 Å². The van der Waals surface area contributed by atoms with E-state index < -0.39 is 23.3 Å². The van der Waals surface area contributed by atoms with Gasteiger partial charge in [0.1, 0.15) is 0 Å². The van der Waals surface area contributed by atoms with Crippen molar-refractivity contribution < 1.29 is 32.6 Å². The molecular weight excluding hydrogens is 571 g/mol. The maximum atomic E-state index is 14.2. The van der Waals surface area contributed by atoms with E-state index in [0.29, 0.717) is 54.1 Å². The highest BCUT2D eigenvalue weighted by molar-refractivity contribution is 6.34. The highest BCUT2D eigenvalue weighted by Crippen LogP contribution is 2.42. The molecule has 4 rings (SSSR count). The van der Waals surface area contributed by atoms with E-state index in [9.17, 15) is 27.9 Å². The number of allylic oxidation sites excluding steroid dienone is 2. The molecule has 2 heterocycles. The van der Waals surface area contributed by atoms with Crippen molar-refractivity contribution in [1.29, 1.82) is 0 Å². The Labute approximate surface area is 250 Å². The first-order chi connectivity index (χ1) is 19.8. The van der Waals surface area contributed by atoms with E-state index in [4.69, 9.17) is 16.3 Å². The number of alkyl halides is 3. The number of aliphatic hydroxyl groups is 1. The highest BCUT2D eigenvalue weighted by Gasteiger charge is 2.63. The van der Waals surface area contributed by atoms with Crippen molar-refractivity contribution in [1.82, 2.24) is 9.80 Å². The lowest BCUT2D eigenvalue weighted by Crippen LogP contribution is -2.60. The van der Waals surface area contributed by atoms with Crippen LogP contribution in [0.5, 0.6) is 0 Å². The minimum atomic E-state index is -5.15. The number of ether oxygens (including phenoxy) is 1. The average Bonchev–Trinajstić information content (AvgIpc) is 2.96. The number of anilines is 1. The third kappa shape index (κ3) is 6.91. The van der Waals surface area contributed by atoms with E-state index >= 15 is 0 Å². The van der Waals surface area contributed by atoms with Crippen LogP contribution in [0.3, 0.4) is 0 Å². The van der Waals surface area contributed by atoms with Gasteiger partial charge in [-0.05, 0) is 81.6 Å². The van der Waals surface area contributed by atoms with Crippen LogP contribution in [-0.2, 0) is 9.53 Å². The number of nitrogens with zero attached hydrogens (tertiary/aromatic N) is 3. The zero-order valence-corrected chi connectivity index (χ0v) is 25.3. The van der Waals surface area contributed by atoms with Crippen molar-refractivity contribution >= 4 is 29.1 Å². The molecule has 0 radical (unpaired) electrons. The van der Waals surface area contributed by atoms with Crippen molar-refractivity contribution in [3.05, 3.63) is 52.3 Å². The number of hydrogen-bond acceptors (Lipinski definition) is 5. The van der Waals surface area contributed by atoms with E-state index in [1.807, 2.05) is 12.1 Å². The summed E-state index contributed by atoms with van der Waals surface area (Å²) in [6.45, 7) is 4.11. The van der Waals surface area contributed by atoms with Crippen LogP contribution in [0.2, 0.25) is 5.02 Å². The van der Waals surface area contributed by atoms with Gasteiger partial charge in [-0.2, -0.15) is 13.2 Å². The van der Waals surface area contributed by atoms with E-state index in [1.54, 1.807) is 27.1 Å². The lowest BCUT2D eigenvalue weighted by Gasteiger charge is -2.40. The topological polar surface area (TPSA) is 73.3 Å². The fraction of sp³-hybridized carbons (Fsp3) is 0.613. The van der Waals surface area contributed by atoms with Gasteiger partial charge in [-0.15, -0.1) is 0 Å². The molecule has 1 aromatic rings. The number of rotatable bonds is 8. The van der Waals surface area contributed by atoms with Crippen LogP contribution in [-0.4, -0.2) is 85.4 Å². The summed E-state index contributed by atoms with van der Waals surface area (Å²) in [6.07, 6.45) is 2.13. The lowest BCUT2D eigenvalue weighted by molar-refractivity contribution is -0.242. The number of carbonyl (C=O) groups excluding carboxylic acids is 2. The van der Waals surface area contributed by atoms with Crippen LogP contribution in [0.4, 0.5) is 18.9 Å². The van der Waals surface area contributed by atoms with E-state index in [0.717, 1.165) is 38.0 Å². The van der Waals surface area contributed by atoms with Crippen LogP contribution >= 0.6 is 11.6 Å².